The van der Waals surface area contributed by atoms with Crippen molar-refractivity contribution < 1.29 is 13.2 Å². The summed E-state index contributed by atoms with van der Waals surface area (Å²) in [6.07, 6.45) is -4.40. The van der Waals surface area contributed by atoms with Gasteiger partial charge in [0.2, 0.25) is 0 Å². The molecule has 0 aliphatic carbocycles. The first-order valence-corrected chi connectivity index (χ1v) is 9.11. The van der Waals surface area contributed by atoms with Gasteiger partial charge < -0.3 is 5.32 Å². The Labute approximate surface area is 158 Å². The van der Waals surface area contributed by atoms with Gasteiger partial charge in [-0.3, -0.25) is 4.90 Å². The molecule has 1 aliphatic heterocycles. The van der Waals surface area contributed by atoms with E-state index in [1.54, 1.807) is 0 Å². The number of nitrogens with zero attached hydrogens (tertiary/aromatic N) is 1. The Morgan fingerprint density at radius 1 is 1.04 bits per heavy atom. The van der Waals surface area contributed by atoms with E-state index in [4.69, 9.17) is 11.6 Å². The zero-order chi connectivity index (χ0) is 18.0. The van der Waals surface area contributed by atoms with Crippen LogP contribution in [0.15, 0.2) is 46.9 Å². The number of benzene rings is 2. The monoisotopic (exact) mass is 432 g/mol. The third-order valence-electron chi connectivity index (χ3n) is 4.33. The molecule has 3 rings (SSSR count). The Bertz CT molecular complexity index is 745. The van der Waals surface area contributed by atoms with Gasteiger partial charge in [0, 0.05) is 35.7 Å². The van der Waals surface area contributed by atoms with Crippen molar-refractivity contribution in [2.24, 2.45) is 0 Å². The minimum atomic E-state index is -4.40. The molecule has 1 heterocycles. The van der Waals surface area contributed by atoms with Crippen molar-refractivity contribution in [1.29, 1.82) is 0 Å². The largest absolute Gasteiger partial charge is 0.416 e. The Morgan fingerprint density at radius 2 is 1.72 bits per heavy atom. The number of rotatable bonds is 3. The van der Waals surface area contributed by atoms with E-state index in [0.29, 0.717) is 10.6 Å². The van der Waals surface area contributed by atoms with E-state index in [9.17, 15) is 13.2 Å². The molecule has 7 heteroatoms. The molecule has 2 aromatic carbocycles. The van der Waals surface area contributed by atoms with Crippen LogP contribution in [-0.4, -0.2) is 31.1 Å². The lowest BCUT2D eigenvalue weighted by molar-refractivity contribution is -0.137. The summed E-state index contributed by atoms with van der Waals surface area (Å²) in [6.45, 7) is 3.05. The molecule has 1 N–H and O–H groups in total. The van der Waals surface area contributed by atoms with Crippen LogP contribution in [-0.2, 0) is 6.18 Å². The smallest absolute Gasteiger partial charge is 0.314 e. The molecule has 134 valence electrons. The highest BCUT2D eigenvalue weighted by Crippen LogP contribution is 2.40. The van der Waals surface area contributed by atoms with Gasteiger partial charge in [0.15, 0.2) is 0 Å². The minimum Gasteiger partial charge on any atom is -0.314 e. The Kier molecular flexibility index (Phi) is 5.73. The van der Waals surface area contributed by atoms with Crippen LogP contribution >= 0.6 is 27.5 Å². The normalized spacial score (nSPS) is 17.5. The lowest BCUT2D eigenvalue weighted by atomic mass is 9.94. The highest BCUT2D eigenvalue weighted by molar-refractivity contribution is 9.10. The fourth-order valence-corrected chi connectivity index (χ4v) is 3.85. The Balaban J connectivity index is 2.13. The van der Waals surface area contributed by atoms with E-state index < -0.39 is 11.7 Å². The first-order chi connectivity index (χ1) is 11.9. The average Bonchev–Trinajstić information content (AvgIpc) is 2.58. The van der Waals surface area contributed by atoms with Crippen molar-refractivity contribution in [2.75, 3.05) is 26.2 Å². The van der Waals surface area contributed by atoms with Crippen LogP contribution in [0, 0.1) is 0 Å². The maximum absolute atomic E-state index is 13.2. The Hall–Kier alpha value is -1.08. The molecule has 1 saturated heterocycles. The molecule has 0 saturated carbocycles. The predicted octanol–water partition coefficient (Wildman–Crippen LogP) is 5.12. The van der Waals surface area contributed by atoms with Gasteiger partial charge in [-0.25, -0.2) is 0 Å². The van der Waals surface area contributed by atoms with Gasteiger partial charge in [-0.05, 0) is 35.4 Å². The number of alkyl halides is 3. The van der Waals surface area contributed by atoms with E-state index in [0.717, 1.165) is 42.3 Å². The van der Waals surface area contributed by atoms with Crippen molar-refractivity contribution in [3.63, 3.8) is 0 Å². The van der Waals surface area contributed by atoms with E-state index >= 15 is 0 Å². The van der Waals surface area contributed by atoms with E-state index in [2.05, 4.69) is 26.1 Å². The molecule has 1 fully saturated rings. The fourth-order valence-electron chi connectivity index (χ4n) is 3.13. The molecule has 0 spiro atoms. The van der Waals surface area contributed by atoms with Gasteiger partial charge in [-0.2, -0.15) is 13.2 Å². The molecular weight excluding hydrogens is 417 g/mol. The SMILES string of the molecule is FC(F)(F)c1ccc(Cl)c(C(c2ccccc2Br)N2CCNCC2)c1. The fraction of sp³-hybridized carbons (Fsp3) is 0.333. The van der Waals surface area contributed by atoms with Crippen molar-refractivity contribution in [3.05, 3.63) is 68.7 Å². The highest BCUT2D eigenvalue weighted by Gasteiger charge is 2.33. The van der Waals surface area contributed by atoms with E-state index in [1.165, 1.54) is 12.1 Å². The summed E-state index contributed by atoms with van der Waals surface area (Å²) in [5.41, 5.74) is 0.704. The third kappa shape index (κ3) is 4.19. The van der Waals surface area contributed by atoms with Crippen molar-refractivity contribution in [1.82, 2.24) is 10.2 Å². The van der Waals surface area contributed by atoms with Gasteiger partial charge in [0.1, 0.15) is 0 Å². The summed E-state index contributed by atoms with van der Waals surface area (Å²) < 4.78 is 40.5. The predicted molar refractivity (Wildman–Crippen MR) is 96.9 cm³/mol. The Morgan fingerprint density at radius 3 is 2.36 bits per heavy atom. The summed E-state index contributed by atoms with van der Waals surface area (Å²) in [7, 11) is 0. The topological polar surface area (TPSA) is 15.3 Å². The standard InChI is InChI=1S/C18H17BrClF3N2/c19-15-4-2-1-3-13(15)17(25-9-7-24-8-10-25)14-11-12(18(21,22)23)5-6-16(14)20/h1-6,11,17,24H,7-10H2. The van der Waals surface area contributed by atoms with Gasteiger partial charge in [0.05, 0.1) is 11.6 Å². The van der Waals surface area contributed by atoms with Crippen LogP contribution in [0.2, 0.25) is 5.02 Å². The summed E-state index contributed by atoms with van der Waals surface area (Å²) in [5.74, 6) is 0. The second-order valence-electron chi connectivity index (χ2n) is 5.94. The second-order valence-corrected chi connectivity index (χ2v) is 7.21. The molecule has 0 aromatic heterocycles. The third-order valence-corrected chi connectivity index (χ3v) is 5.40. The van der Waals surface area contributed by atoms with Crippen LogP contribution < -0.4 is 5.32 Å². The molecule has 1 aliphatic rings. The molecule has 2 aromatic rings. The second kappa shape index (κ2) is 7.66. The first kappa shape index (κ1) is 18.7. The zero-order valence-corrected chi connectivity index (χ0v) is 15.6. The van der Waals surface area contributed by atoms with Crippen molar-refractivity contribution >= 4 is 27.5 Å². The summed E-state index contributed by atoms with van der Waals surface area (Å²) in [5, 5.41) is 3.61. The molecule has 0 amide bonds. The van der Waals surface area contributed by atoms with Crippen molar-refractivity contribution in [3.8, 4) is 0 Å². The minimum absolute atomic E-state index is 0.340. The van der Waals surface area contributed by atoms with Gasteiger partial charge in [0.25, 0.3) is 0 Å². The van der Waals surface area contributed by atoms with Crippen LogP contribution in [0.4, 0.5) is 13.2 Å². The summed E-state index contributed by atoms with van der Waals surface area (Å²) in [6, 6.07) is 10.8. The molecule has 1 unspecified atom stereocenters. The summed E-state index contributed by atoms with van der Waals surface area (Å²) >= 11 is 9.87. The van der Waals surface area contributed by atoms with Gasteiger partial charge >= 0.3 is 6.18 Å². The lowest BCUT2D eigenvalue weighted by Crippen LogP contribution is -2.45. The number of halogens is 5. The van der Waals surface area contributed by atoms with Crippen LogP contribution in [0.5, 0.6) is 0 Å². The number of piperazine rings is 1. The van der Waals surface area contributed by atoms with E-state index in [-0.39, 0.29) is 6.04 Å². The molecular formula is C18H17BrClF3N2. The van der Waals surface area contributed by atoms with Crippen LogP contribution in [0.3, 0.4) is 0 Å². The quantitative estimate of drug-likeness (QED) is 0.723. The van der Waals surface area contributed by atoms with E-state index in [1.807, 2.05) is 24.3 Å². The van der Waals surface area contributed by atoms with Crippen molar-refractivity contribution in [2.45, 2.75) is 12.2 Å². The van der Waals surface area contributed by atoms with Crippen LogP contribution in [0.25, 0.3) is 0 Å². The molecule has 1 atom stereocenters. The molecule has 2 nitrogen and oxygen atoms in total. The number of hydrogen-bond acceptors (Lipinski definition) is 2. The lowest BCUT2D eigenvalue weighted by Gasteiger charge is -2.36. The first-order valence-electron chi connectivity index (χ1n) is 7.94. The van der Waals surface area contributed by atoms with Gasteiger partial charge in [-0.15, -0.1) is 0 Å². The van der Waals surface area contributed by atoms with Crippen LogP contribution in [0.1, 0.15) is 22.7 Å². The number of hydrogen-bond donors (Lipinski definition) is 1. The number of nitrogens with one attached hydrogen (secondary N) is 1. The summed E-state index contributed by atoms with van der Waals surface area (Å²) in [4.78, 5) is 2.16. The molecule has 0 radical (unpaired) electrons. The van der Waals surface area contributed by atoms with Gasteiger partial charge in [-0.1, -0.05) is 45.7 Å². The molecule has 0 bridgehead atoms. The molecule has 25 heavy (non-hydrogen) atoms. The maximum Gasteiger partial charge on any atom is 0.416 e. The average molecular weight is 434 g/mol. The maximum atomic E-state index is 13.2. The zero-order valence-electron chi connectivity index (χ0n) is 13.3. The highest BCUT2D eigenvalue weighted by atomic mass is 79.9.